The van der Waals surface area contributed by atoms with E-state index in [0.717, 1.165) is 122 Å². The molecule has 1 amide bonds. The molecule has 0 saturated carbocycles. The highest BCUT2D eigenvalue weighted by atomic mass is 16.6. The summed E-state index contributed by atoms with van der Waals surface area (Å²) in [6.07, 6.45) is 32.4. The topological polar surface area (TPSA) is 146 Å². The van der Waals surface area contributed by atoms with E-state index in [-0.39, 0.29) is 36.0 Å². The average molecular weight is 786 g/mol. The van der Waals surface area contributed by atoms with Gasteiger partial charge in [-0.3, -0.25) is 19.8 Å². The lowest BCUT2D eigenvalue weighted by molar-refractivity contribution is -0.863. The number of guanidine groups is 1. The molecule has 320 valence electrons. The van der Waals surface area contributed by atoms with Crippen molar-refractivity contribution in [3.05, 3.63) is 12.2 Å². The molecule has 11 heteroatoms. The van der Waals surface area contributed by atoms with Crippen molar-refractivity contribution >= 4 is 17.8 Å². The minimum absolute atomic E-state index is 0.0662. The van der Waals surface area contributed by atoms with Crippen molar-refractivity contribution in [3.8, 4) is 0 Å². The van der Waals surface area contributed by atoms with Crippen LogP contribution in [0.5, 0.6) is 0 Å². The molecule has 3 saturated heterocycles. The van der Waals surface area contributed by atoms with Gasteiger partial charge in [-0.2, -0.15) is 4.99 Å². The van der Waals surface area contributed by atoms with Crippen LogP contribution in [-0.4, -0.2) is 91.3 Å². The Balaban J connectivity index is 0.945. The molecule has 6 N–H and O–H groups in total. The Bertz CT molecular complexity index is 1250. The molecule has 2 spiro atoms. The highest BCUT2D eigenvalue weighted by molar-refractivity contribution is 5.80. The van der Waals surface area contributed by atoms with Crippen LogP contribution in [0.3, 0.4) is 0 Å². The third-order valence-electron chi connectivity index (χ3n) is 13.3. The van der Waals surface area contributed by atoms with E-state index in [2.05, 4.69) is 31.3 Å². The van der Waals surface area contributed by atoms with E-state index in [4.69, 9.17) is 30.7 Å². The molecular formula is C45H81N6O5+. The van der Waals surface area contributed by atoms with Gasteiger partial charge in [0.15, 0.2) is 17.4 Å². The van der Waals surface area contributed by atoms with Crippen LogP contribution in [0.1, 0.15) is 181 Å². The molecule has 5 aliphatic rings. The van der Waals surface area contributed by atoms with Crippen molar-refractivity contribution < 1.29 is 28.7 Å². The van der Waals surface area contributed by atoms with Crippen molar-refractivity contribution in [3.63, 3.8) is 0 Å². The number of ether oxygens (including phenoxy) is 3. The van der Waals surface area contributed by atoms with Crippen LogP contribution in [0, 0.1) is 5.92 Å². The molecule has 0 aliphatic carbocycles. The SMILES string of the molecule is CCC1C=CCCC2(CC3CCC4C(C(=O)OCCCCCCCCCCCCCCCC(=O)N(CCCN)CCCCN)C5(CCCC(C)O5)N=C(N2)[NH+]34)O1. The zero-order valence-corrected chi connectivity index (χ0v) is 35.6. The summed E-state index contributed by atoms with van der Waals surface area (Å²) in [7, 11) is 0. The second-order valence-corrected chi connectivity index (χ2v) is 17.8. The Labute approximate surface area is 339 Å². The van der Waals surface area contributed by atoms with Crippen LogP contribution < -0.4 is 21.7 Å². The van der Waals surface area contributed by atoms with E-state index in [1.165, 1.54) is 62.7 Å². The Morgan fingerprint density at radius 2 is 1.55 bits per heavy atom. The van der Waals surface area contributed by atoms with E-state index in [1.807, 2.05) is 4.90 Å². The van der Waals surface area contributed by atoms with Crippen LogP contribution in [0.15, 0.2) is 17.1 Å². The van der Waals surface area contributed by atoms with Gasteiger partial charge >= 0.3 is 11.9 Å². The number of quaternary nitrogens is 1. The van der Waals surface area contributed by atoms with Crippen LogP contribution in [0.25, 0.3) is 0 Å². The first kappa shape index (κ1) is 45.0. The molecule has 11 nitrogen and oxygen atoms in total. The van der Waals surface area contributed by atoms with Gasteiger partial charge in [0.05, 0.1) is 24.9 Å². The summed E-state index contributed by atoms with van der Waals surface area (Å²) >= 11 is 0. The quantitative estimate of drug-likeness (QED) is 0.0471. The third-order valence-corrected chi connectivity index (χ3v) is 13.3. The van der Waals surface area contributed by atoms with Crippen molar-refractivity contribution in [2.75, 3.05) is 32.8 Å². The first-order valence-electron chi connectivity index (χ1n) is 23.5. The van der Waals surface area contributed by atoms with Gasteiger partial charge in [-0.05, 0) is 90.6 Å². The van der Waals surface area contributed by atoms with Crippen LogP contribution in [-0.2, 0) is 23.8 Å². The second kappa shape index (κ2) is 23.5. The fraction of sp³-hybridized carbons (Fsp3) is 0.889. The van der Waals surface area contributed by atoms with Gasteiger partial charge < -0.3 is 30.6 Å². The van der Waals surface area contributed by atoms with Gasteiger partial charge in [0, 0.05) is 38.8 Å². The molecule has 0 aromatic heterocycles. The Kier molecular flexibility index (Phi) is 18.9. The summed E-state index contributed by atoms with van der Waals surface area (Å²) in [6.45, 7) is 7.70. The Hall–Kier alpha value is -2.05. The van der Waals surface area contributed by atoms with Crippen LogP contribution >= 0.6 is 0 Å². The summed E-state index contributed by atoms with van der Waals surface area (Å²) in [6, 6.07) is 0.509. The molecule has 8 unspecified atom stereocenters. The largest absolute Gasteiger partial charge is 0.465 e. The number of rotatable bonds is 25. The lowest BCUT2D eigenvalue weighted by Gasteiger charge is -2.51. The number of unbranched alkanes of at least 4 members (excludes halogenated alkanes) is 13. The Morgan fingerprint density at radius 3 is 2.23 bits per heavy atom. The number of carbonyl (C=O) groups is 2. The molecule has 0 aromatic rings. The van der Waals surface area contributed by atoms with Crippen molar-refractivity contribution in [1.82, 2.24) is 10.2 Å². The predicted molar refractivity (Wildman–Crippen MR) is 224 cm³/mol. The number of carbonyl (C=O) groups excluding carboxylic acids is 2. The number of esters is 1. The summed E-state index contributed by atoms with van der Waals surface area (Å²) in [5.41, 5.74) is 10.0. The van der Waals surface area contributed by atoms with Crippen LogP contribution in [0.4, 0.5) is 0 Å². The maximum atomic E-state index is 14.1. The number of amides is 1. The van der Waals surface area contributed by atoms with Crippen molar-refractivity contribution in [2.24, 2.45) is 22.4 Å². The summed E-state index contributed by atoms with van der Waals surface area (Å²) < 4.78 is 19.6. The summed E-state index contributed by atoms with van der Waals surface area (Å²) in [5.74, 6) is 0.768. The lowest BCUT2D eigenvalue weighted by Crippen LogP contribution is -3.25. The van der Waals surface area contributed by atoms with Crippen molar-refractivity contribution in [2.45, 2.75) is 217 Å². The minimum Gasteiger partial charge on any atom is -0.465 e. The minimum atomic E-state index is -0.858. The summed E-state index contributed by atoms with van der Waals surface area (Å²) in [4.78, 5) is 35.5. The smallest absolute Gasteiger partial charge is 0.320 e. The number of nitrogens with one attached hydrogen (secondary N) is 2. The molecule has 56 heavy (non-hydrogen) atoms. The van der Waals surface area contributed by atoms with Gasteiger partial charge in [0.1, 0.15) is 6.04 Å². The molecule has 5 aliphatic heterocycles. The van der Waals surface area contributed by atoms with E-state index in [1.54, 1.807) is 0 Å². The highest BCUT2D eigenvalue weighted by Crippen LogP contribution is 2.43. The number of hydrogen-bond acceptors (Lipinski definition) is 9. The van der Waals surface area contributed by atoms with E-state index >= 15 is 0 Å². The number of aliphatic imine (C=N–C) groups is 1. The fourth-order valence-electron chi connectivity index (χ4n) is 10.3. The van der Waals surface area contributed by atoms with E-state index in [0.29, 0.717) is 32.2 Å². The van der Waals surface area contributed by atoms with E-state index in [9.17, 15) is 9.59 Å². The Morgan fingerprint density at radius 1 is 0.875 bits per heavy atom. The zero-order chi connectivity index (χ0) is 39.6. The maximum Gasteiger partial charge on any atom is 0.320 e. The van der Waals surface area contributed by atoms with Crippen LogP contribution in [0.2, 0.25) is 0 Å². The average Bonchev–Trinajstić information content (AvgIpc) is 3.49. The van der Waals surface area contributed by atoms with Crippen molar-refractivity contribution in [1.29, 1.82) is 0 Å². The van der Waals surface area contributed by atoms with Gasteiger partial charge in [-0.25, -0.2) is 0 Å². The summed E-state index contributed by atoms with van der Waals surface area (Å²) in [5, 5.41) is 3.84. The standard InChI is InChI=1S/C45H80N6O5/c1-3-38-24-16-17-28-44(56-38)35-37-26-27-39-41(45(29-21-23-36(2)55-45)49-43(48-44)51(37)39)42(53)54-34-20-14-12-10-8-6-4-5-7-9-11-13-15-25-40(52)50(33-22-31-47)32-19-18-30-46/h16,24,36-39,41H,3-15,17-23,25-35,46-47H2,1-2H3,(H,48,49)/p+1. The fourth-order valence-corrected chi connectivity index (χ4v) is 10.3. The van der Waals surface area contributed by atoms with Gasteiger partial charge in [0.25, 0.3) is 0 Å². The monoisotopic (exact) mass is 786 g/mol. The first-order valence-corrected chi connectivity index (χ1v) is 23.5. The molecule has 0 radical (unpaired) electrons. The maximum absolute atomic E-state index is 14.1. The van der Waals surface area contributed by atoms with Gasteiger partial charge in [0.2, 0.25) is 5.91 Å². The molecular weight excluding hydrogens is 705 g/mol. The number of allylic oxidation sites excluding steroid dienone is 1. The van der Waals surface area contributed by atoms with Gasteiger partial charge in [-0.1, -0.05) is 89.7 Å². The highest BCUT2D eigenvalue weighted by Gasteiger charge is 2.65. The predicted octanol–water partition coefficient (Wildman–Crippen LogP) is 6.43. The van der Waals surface area contributed by atoms with Gasteiger partial charge in [-0.15, -0.1) is 0 Å². The number of nitrogens with two attached hydrogens (primary N) is 2. The van der Waals surface area contributed by atoms with E-state index < -0.39 is 11.4 Å². The normalized spacial score (nSPS) is 30.8. The molecule has 0 aromatic carbocycles. The number of nitrogens with zero attached hydrogens (tertiary/aromatic N) is 2. The molecule has 3 fully saturated rings. The zero-order valence-electron chi connectivity index (χ0n) is 35.6. The first-order chi connectivity index (χ1) is 27.3. The molecule has 5 rings (SSSR count). The second-order valence-electron chi connectivity index (χ2n) is 17.8. The lowest BCUT2D eigenvalue weighted by atomic mass is 9.80. The molecule has 0 bridgehead atoms. The molecule has 5 heterocycles. The molecule has 8 atom stereocenters. The third kappa shape index (κ3) is 12.7. The number of hydrogen-bond donors (Lipinski definition) is 4.